The summed E-state index contributed by atoms with van der Waals surface area (Å²) in [5.41, 5.74) is 3.96. The van der Waals surface area contributed by atoms with E-state index in [1.807, 2.05) is 0 Å². The summed E-state index contributed by atoms with van der Waals surface area (Å²) in [6, 6.07) is 1.07. The molecule has 3 N–H and O–H groups in total. The molecule has 0 aliphatic rings. The molecule has 1 rings (SSSR count). The van der Waals surface area contributed by atoms with Gasteiger partial charge in [-0.25, -0.2) is 8.42 Å². The first kappa shape index (κ1) is 15.1. The van der Waals surface area contributed by atoms with Crippen molar-refractivity contribution in [1.29, 1.82) is 0 Å². The molecular formula is C6H5N2NaO6S. The van der Waals surface area contributed by atoms with E-state index < -0.39 is 37.1 Å². The minimum atomic E-state index is -4.97. The van der Waals surface area contributed by atoms with Gasteiger partial charge in [0.15, 0.2) is 0 Å². The molecule has 0 aromatic heterocycles. The van der Waals surface area contributed by atoms with Crippen molar-refractivity contribution in [1.82, 2.24) is 0 Å². The Labute approximate surface area is 112 Å². The van der Waals surface area contributed by atoms with E-state index in [2.05, 4.69) is 0 Å². The summed E-state index contributed by atoms with van der Waals surface area (Å²) in [5, 5.41) is 19.4. The van der Waals surface area contributed by atoms with E-state index in [1.165, 1.54) is 0 Å². The van der Waals surface area contributed by atoms with Crippen molar-refractivity contribution >= 4 is 21.5 Å². The Hall–Kier alpha value is -0.870. The van der Waals surface area contributed by atoms with Crippen molar-refractivity contribution in [3.63, 3.8) is 0 Å². The van der Waals surface area contributed by atoms with Crippen molar-refractivity contribution in [3.05, 3.63) is 22.2 Å². The van der Waals surface area contributed by atoms with Crippen molar-refractivity contribution in [2.45, 2.75) is 4.90 Å². The fraction of sp³-hybridized carbons (Fsp3) is 0. The number of anilines is 1. The Morgan fingerprint density at radius 3 is 2.25 bits per heavy atom. The average molecular weight is 256 g/mol. The molecule has 0 saturated carbocycles. The molecule has 1 aromatic rings. The average Bonchev–Trinajstić information content (AvgIpc) is 2.00. The number of nitrogens with zero attached hydrogens (tertiary/aromatic N) is 1. The van der Waals surface area contributed by atoms with Crippen molar-refractivity contribution in [2.24, 2.45) is 0 Å². The summed E-state index contributed by atoms with van der Waals surface area (Å²) >= 11 is 0. The van der Waals surface area contributed by atoms with Gasteiger partial charge in [0.25, 0.3) is 5.69 Å². The smallest absolute Gasteiger partial charge is 0.744 e. The minimum Gasteiger partial charge on any atom is -0.744 e. The molecule has 10 heteroatoms. The Kier molecular flexibility index (Phi) is 4.70. The van der Waals surface area contributed by atoms with Gasteiger partial charge in [-0.3, -0.25) is 10.1 Å². The molecule has 0 spiro atoms. The van der Waals surface area contributed by atoms with Crippen molar-refractivity contribution in [3.8, 4) is 5.75 Å². The Morgan fingerprint density at radius 1 is 1.38 bits per heavy atom. The van der Waals surface area contributed by atoms with Gasteiger partial charge in [0.05, 0.1) is 4.92 Å². The maximum Gasteiger partial charge on any atom is 1.00 e. The molecule has 0 saturated heterocycles. The number of aromatic hydroxyl groups is 1. The van der Waals surface area contributed by atoms with Crippen LogP contribution in [0.3, 0.4) is 0 Å². The molecule has 0 unspecified atom stereocenters. The SMILES string of the molecule is Nc1cc(O)c(S(=O)(=O)[O-])cc1[N+](=O)[O-].[Na+]. The van der Waals surface area contributed by atoms with Crippen molar-refractivity contribution in [2.75, 3.05) is 5.73 Å². The van der Waals surface area contributed by atoms with Crippen LogP contribution in [0.2, 0.25) is 0 Å². The van der Waals surface area contributed by atoms with Crippen LogP contribution >= 0.6 is 0 Å². The molecule has 0 aliphatic heterocycles. The van der Waals surface area contributed by atoms with Gasteiger partial charge in [-0.2, -0.15) is 0 Å². The Morgan fingerprint density at radius 2 is 1.88 bits per heavy atom. The third-order valence-electron chi connectivity index (χ3n) is 1.57. The zero-order valence-corrected chi connectivity index (χ0v) is 10.9. The predicted octanol–water partition coefficient (Wildman–Crippen LogP) is -3.21. The zero-order chi connectivity index (χ0) is 11.8. The number of rotatable bonds is 2. The normalized spacial score (nSPS) is 10.6. The quantitative estimate of drug-likeness (QED) is 0.186. The van der Waals surface area contributed by atoms with Gasteiger partial charge in [-0.05, 0) is 0 Å². The standard InChI is InChI=1S/C6H6N2O6S.Na/c7-3-1-5(9)6(15(12,13)14)2-4(3)8(10)11;/h1-2,9H,7H2,(H,12,13,14);/q;+1/p-1. The number of nitrogen functional groups attached to an aromatic ring is 1. The fourth-order valence-electron chi connectivity index (χ4n) is 0.932. The van der Waals surface area contributed by atoms with E-state index in [0.29, 0.717) is 12.1 Å². The molecule has 0 fully saturated rings. The van der Waals surface area contributed by atoms with Crippen LogP contribution in [0.15, 0.2) is 17.0 Å². The van der Waals surface area contributed by atoms with Gasteiger partial charge in [0.1, 0.15) is 26.5 Å². The topological polar surface area (TPSA) is 147 Å². The van der Waals surface area contributed by atoms with E-state index in [9.17, 15) is 23.1 Å². The molecule has 16 heavy (non-hydrogen) atoms. The monoisotopic (exact) mass is 256 g/mol. The van der Waals surface area contributed by atoms with E-state index >= 15 is 0 Å². The number of hydrogen-bond acceptors (Lipinski definition) is 7. The maximum atomic E-state index is 10.6. The Bertz CT molecular complexity index is 528. The number of nitrogens with two attached hydrogens (primary N) is 1. The Balaban J connectivity index is 0.00000225. The number of phenolic OH excluding ortho intramolecular Hbond substituents is 1. The summed E-state index contributed by atoms with van der Waals surface area (Å²) in [5.74, 6) is -0.909. The van der Waals surface area contributed by atoms with E-state index in [-0.39, 0.29) is 29.6 Å². The number of hydrogen-bond donors (Lipinski definition) is 2. The fourth-order valence-corrected chi connectivity index (χ4v) is 1.50. The van der Waals surface area contributed by atoms with Crippen LogP contribution in [-0.2, 0) is 10.1 Å². The summed E-state index contributed by atoms with van der Waals surface area (Å²) in [6.07, 6.45) is 0. The van der Waals surface area contributed by atoms with Gasteiger partial charge in [0.2, 0.25) is 0 Å². The summed E-state index contributed by atoms with van der Waals surface area (Å²) in [4.78, 5) is 8.34. The van der Waals surface area contributed by atoms with Gasteiger partial charge in [-0.1, -0.05) is 0 Å². The number of benzene rings is 1. The molecular weight excluding hydrogens is 251 g/mol. The third-order valence-corrected chi connectivity index (χ3v) is 2.44. The molecule has 8 nitrogen and oxygen atoms in total. The van der Waals surface area contributed by atoms with Crippen LogP contribution in [-0.4, -0.2) is 23.0 Å². The first-order valence-electron chi connectivity index (χ1n) is 3.46. The first-order valence-corrected chi connectivity index (χ1v) is 4.87. The second kappa shape index (κ2) is 4.97. The summed E-state index contributed by atoms with van der Waals surface area (Å²) in [6.45, 7) is 0. The molecule has 0 aliphatic carbocycles. The first-order chi connectivity index (χ1) is 6.73. The second-order valence-corrected chi connectivity index (χ2v) is 3.94. The van der Waals surface area contributed by atoms with Gasteiger partial charge < -0.3 is 15.4 Å². The van der Waals surface area contributed by atoms with Gasteiger partial charge >= 0.3 is 29.6 Å². The maximum absolute atomic E-state index is 10.6. The van der Waals surface area contributed by atoms with Crippen LogP contribution in [0.25, 0.3) is 0 Å². The van der Waals surface area contributed by atoms with Gasteiger partial charge in [-0.15, -0.1) is 0 Å². The van der Waals surface area contributed by atoms with Crippen LogP contribution in [0, 0.1) is 10.1 Å². The molecule has 0 heterocycles. The van der Waals surface area contributed by atoms with E-state index in [1.54, 1.807) is 0 Å². The third kappa shape index (κ3) is 3.06. The zero-order valence-electron chi connectivity index (χ0n) is 8.08. The van der Waals surface area contributed by atoms with E-state index in [0.717, 1.165) is 0 Å². The van der Waals surface area contributed by atoms with Crippen LogP contribution in [0.4, 0.5) is 11.4 Å². The minimum absolute atomic E-state index is 0. The molecule has 82 valence electrons. The molecule has 1 aromatic carbocycles. The number of phenols is 1. The van der Waals surface area contributed by atoms with Crippen molar-refractivity contribution < 1.29 is 52.6 Å². The van der Waals surface area contributed by atoms with Gasteiger partial charge in [0, 0.05) is 12.1 Å². The summed E-state index contributed by atoms with van der Waals surface area (Å²) in [7, 11) is -4.97. The number of nitro groups is 1. The molecule has 0 bridgehead atoms. The predicted molar refractivity (Wildman–Crippen MR) is 47.1 cm³/mol. The number of nitro benzene ring substituents is 1. The van der Waals surface area contributed by atoms with Crippen LogP contribution in [0.1, 0.15) is 0 Å². The molecule has 0 amide bonds. The summed E-state index contributed by atoms with van der Waals surface area (Å²) < 4.78 is 31.7. The van der Waals surface area contributed by atoms with E-state index in [4.69, 9.17) is 10.8 Å². The second-order valence-electron chi connectivity index (χ2n) is 2.59. The van der Waals surface area contributed by atoms with Crippen LogP contribution < -0.4 is 35.3 Å². The largest absolute Gasteiger partial charge is 1.00 e. The molecule has 0 atom stereocenters. The van der Waals surface area contributed by atoms with Crippen LogP contribution in [0.5, 0.6) is 5.75 Å². The molecule has 0 radical (unpaired) electrons.